The summed E-state index contributed by atoms with van der Waals surface area (Å²) in [5, 5.41) is 0.408. The molecule has 1 heterocycles. The fourth-order valence-corrected chi connectivity index (χ4v) is 2.43. The van der Waals surface area contributed by atoms with E-state index in [0.29, 0.717) is 10.9 Å². The van der Waals surface area contributed by atoms with Crippen molar-refractivity contribution in [1.82, 2.24) is 4.98 Å². The third-order valence-corrected chi connectivity index (χ3v) is 3.14. The molecule has 0 saturated carbocycles. The summed E-state index contributed by atoms with van der Waals surface area (Å²) in [7, 11) is 0. The molecule has 2 nitrogen and oxygen atoms in total. The van der Waals surface area contributed by atoms with Crippen LogP contribution in [0.25, 0.3) is 0 Å². The molecular weight excluding hydrogens is 357 g/mol. The summed E-state index contributed by atoms with van der Waals surface area (Å²) >= 11 is 12.6. The minimum absolute atomic E-state index is 0.408. The summed E-state index contributed by atoms with van der Waals surface area (Å²) in [4.78, 5) is 3.88. The van der Waals surface area contributed by atoms with Crippen LogP contribution in [-0.4, -0.2) is 4.98 Å². The highest BCUT2D eigenvalue weighted by atomic mass is 79.9. The second-order valence-electron chi connectivity index (χ2n) is 2.99. The molecule has 0 aliphatic carbocycles. The Morgan fingerprint density at radius 1 is 1.12 bits per heavy atom. The molecule has 0 atom stereocenters. The Morgan fingerprint density at radius 2 is 1.94 bits per heavy atom. The van der Waals surface area contributed by atoms with Crippen molar-refractivity contribution in [3.8, 4) is 11.5 Å². The van der Waals surface area contributed by atoms with Crippen molar-refractivity contribution in [1.29, 1.82) is 0 Å². The molecule has 0 unspecified atom stereocenters. The van der Waals surface area contributed by atoms with Crippen LogP contribution in [0.1, 0.15) is 0 Å². The average molecular weight is 363 g/mol. The first kappa shape index (κ1) is 11.9. The first-order chi connectivity index (χ1) is 7.65. The highest BCUT2D eigenvalue weighted by molar-refractivity contribution is 9.11. The van der Waals surface area contributed by atoms with E-state index in [9.17, 15) is 0 Å². The van der Waals surface area contributed by atoms with Gasteiger partial charge in [-0.3, -0.25) is 0 Å². The van der Waals surface area contributed by atoms with Gasteiger partial charge in [-0.05, 0) is 40.2 Å². The standard InChI is InChI=1S/C11H6Br2ClNO/c12-7-1-2-10(9(13)5-7)16-8-3-4-15-11(14)6-8/h1-6H. The number of aromatic nitrogens is 1. The van der Waals surface area contributed by atoms with Gasteiger partial charge in [0.2, 0.25) is 0 Å². The number of ether oxygens (including phenoxy) is 1. The van der Waals surface area contributed by atoms with E-state index in [1.807, 2.05) is 18.2 Å². The second-order valence-corrected chi connectivity index (χ2v) is 5.15. The Labute approximate surface area is 115 Å². The van der Waals surface area contributed by atoms with Crippen LogP contribution >= 0.6 is 43.5 Å². The predicted octanol–water partition coefficient (Wildman–Crippen LogP) is 5.05. The minimum atomic E-state index is 0.408. The van der Waals surface area contributed by atoms with E-state index >= 15 is 0 Å². The molecule has 0 fully saturated rings. The summed E-state index contributed by atoms with van der Waals surface area (Å²) < 4.78 is 7.51. The van der Waals surface area contributed by atoms with Crippen LogP contribution in [0.15, 0.2) is 45.5 Å². The number of rotatable bonds is 2. The lowest BCUT2D eigenvalue weighted by atomic mass is 10.3. The van der Waals surface area contributed by atoms with Crippen molar-refractivity contribution in [2.24, 2.45) is 0 Å². The zero-order chi connectivity index (χ0) is 11.5. The molecule has 82 valence electrons. The number of hydrogen-bond donors (Lipinski definition) is 0. The predicted molar refractivity (Wildman–Crippen MR) is 71.2 cm³/mol. The monoisotopic (exact) mass is 361 g/mol. The van der Waals surface area contributed by atoms with E-state index in [4.69, 9.17) is 16.3 Å². The van der Waals surface area contributed by atoms with Crippen molar-refractivity contribution in [2.75, 3.05) is 0 Å². The number of halogens is 3. The van der Waals surface area contributed by atoms with Gasteiger partial charge in [-0.1, -0.05) is 27.5 Å². The van der Waals surface area contributed by atoms with Crippen LogP contribution in [0.4, 0.5) is 0 Å². The van der Waals surface area contributed by atoms with Crippen molar-refractivity contribution in [2.45, 2.75) is 0 Å². The first-order valence-corrected chi connectivity index (χ1v) is 6.36. The third-order valence-electron chi connectivity index (χ3n) is 1.82. The van der Waals surface area contributed by atoms with Crippen LogP contribution in [0.3, 0.4) is 0 Å². The van der Waals surface area contributed by atoms with Crippen molar-refractivity contribution in [3.05, 3.63) is 50.6 Å². The lowest BCUT2D eigenvalue weighted by Crippen LogP contribution is -1.86. The van der Waals surface area contributed by atoms with Crippen LogP contribution in [0, 0.1) is 0 Å². The van der Waals surface area contributed by atoms with E-state index < -0.39 is 0 Å². The second kappa shape index (κ2) is 5.17. The average Bonchev–Trinajstić information content (AvgIpc) is 2.22. The van der Waals surface area contributed by atoms with E-state index in [1.54, 1.807) is 18.3 Å². The Kier molecular flexibility index (Phi) is 3.84. The molecule has 2 rings (SSSR count). The summed E-state index contributed by atoms with van der Waals surface area (Å²) in [6, 6.07) is 9.10. The Hall–Kier alpha value is -0.580. The van der Waals surface area contributed by atoms with Gasteiger partial charge >= 0.3 is 0 Å². The van der Waals surface area contributed by atoms with Crippen molar-refractivity contribution < 1.29 is 4.74 Å². The Balaban J connectivity index is 2.27. The number of benzene rings is 1. The highest BCUT2D eigenvalue weighted by Crippen LogP contribution is 2.32. The molecule has 5 heteroatoms. The van der Waals surface area contributed by atoms with Crippen LogP contribution in [0.2, 0.25) is 5.15 Å². The SMILES string of the molecule is Clc1cc(Oc2ccc(Br)cc2Br)ccn1. The molecule has 1 aromatic heterocycles. The van der Waals surface area contributed by atoms with E-state index in [1.165, 1.54) is 0 Å². The van der Waals surface area contributed by atoms with Gasteiger partial charge in [-0.15, -0.1) is 0 Å². The van der Waals surface area contributed by atoms with Crippen LogP contribution < -0.4 is 4.74 Å². The van der Waals surface area contributed by atoms with E-state index in [-0.39, 0.29) is 0 Å². The van der Waals surface area contributed by atoms with Crippen LogP contribution in [-0.2, 0) is 0 Å². The number of hydrogen-bond acceptors (Lipinski definition) is 2. The molecule has 16 heavy (non-hydrogen) atoms. The largest absolute Gasteiger partial charge is 0.456 e. The molecule has 0 radical (unpaired) electrons. The van der Waals surface area contributed by atoms with Gasteiger partial charge < -0.3 is 4.74 Å². The highest BCUT2D eigenvalue weighted by Gasteiger charge is 2.03. The molecule has 0 spiro atoms. The van der Waals surface area contributed by atoms with Crippen molar-refractivity contribution in [3.63, 3.8) is 0 Å². The smallest absolute Gasteiger partial charge is 0.141 e. The molecule has 1 aromatic carbocycles. The zero-order valence-electron chi connectivity index (χ0n) is 7.95. The Morgan fingerprint density at radius 3 is 2.62 bits per heavy atom. The topological polar surface area (TPSA) is 22.1 Å². The van der Waals surface area contributed by atoms with Crippen LogP contribution in [0.5, 0.6) is 11.5 Å². The van der Waals surface area contributed by atoms with E-state index in [2.05, 4.69) is 36.8 Å². The zero-order valence-corrected chi connectivity index (χ0v) is 11.9. The van der Waals surface area contributed by atoms with Gasteiger partial charge in [-0.25, -0.2) is 4.98 Å². The fraction of sp³-hybridized carbons (Fsp3) is 0. The molecule has 0 aliphatic heterocycles. The maximum atomic E-state index is 5.77. The molecule has 0 saturated heterocycles. The quantitative estimate of drug-likeness (QED) is 0.697. The molecule has 0 N–H and O–H groups in total. The molecule has 2 aromatic rings. The van der Waals surface area contributed by atoms with Gasteiger partial charge in [0.1, 0.15) is 16.7 Å². The third kappa shape index (κ3) is 2.97. The maximum absolute atomic E-state index is 5.77. The molecule has 0 bridgehead atoms. The minimum Gasteiger partial charge on any atom is -0.456 e. The normalized spacial score (nSPS) is 10.2. The first-order valence-electron chi connectivity index (χ1n) is 4.39. The summed E-state index contributed by atoms with van der Waals surface area (Å²) in [6.07, 6.45) is 1.60. The lowest BCUT2D eigenvalue weighted by molar-refractivity contribution is 0.479. The summed E-state index contributed by atoms with van der Waals surface area (Å²) in [5.41, 5.74) is 0. The van der Waals surface area contributed by atoms with Gasteiger partial charge in [0.15, 0.2) is 0 Å². The molecule has 0 amide bonds. The summed E-state index contributed by atoms with van der Waals surface area (Å²) in [5.74, 6) is 1.38. The van der Waals surface area contributed by atoms with E-state index in [0.717, 1.165) is 14.7 Å². The number of nitrogens with zero attached hydrogens (tertiary/aromatic N) is 1. The molecular formula is C11H6Br2ClNO. The van der Waals surface area contributed by atoms with Crippen molar-refractivity contribution >= 4 is 43.5 Å². The maximum Gasteiger partial charge on any atom is 0.141 e. The van der Waals surface area contributed by atoms with Gasteiger partial charge in [0, 0.05) is 16.7 Å². The van der Waals surface area contributed by atoms with Gasteiger partial charge in [0.25, 0.3) is 0 Å². The van der Waals surface area contributed by atoms with Gasteiger partial charge in [0.05, 0.1) is 4.47 Å². The Bertz CT molecular complexity index is 519. The molecule has 0 aliphatic rings. The number of pyridine rings is 1. The summed E-state index contributed by atoms with van der Waals surface area (Å²) in [6.45, 7) is 0. The lowest BCUT2D eigenvalue weighted by Gasteiger charge is -2.07. The fourth-order valence-electron chi connectivity index (χ4n) is 1.13. The van der Waals surface area contributed by atoms with Gasteiger partial charge in [-0.2, -0.15) is 0 Å².